The van der Waals surface area contributed by atoms with Gasteiger partial charge in [-0.25, -0.2) is 4.98 Å². The maximum absolute atomic E-state index is 6.12. The first-order valence-corrected chi connectivity index (χ1v) is 9.09. The smallest absolute Gasteiger partial charge is 0.164 e. The monoisotopic (exact) mass is 346 g/mol. The first-order valence-electron chi connectivity index (χ1n) is 9.09. The molecule has 0 saturated heterocycles. The molecule has 0 bridgehead atoms. The van der Waals surface area contributed by atoms with Gasteiger partial charge in [0.15, 0.2) is 7.85 Å². The molecule has 0 spiro atoms. The minimum absolute atomic E-state index is 0.920. The van der Waals surface area contributed by atoms with Gasteiger partial charge in [0, 0.05) is 21.5 Å². The Bertz CT molecular complexity index is 1490. The van der Waals surface area contributed by atoms with Gasteiger partial charge in [-0.15, -0.1) is 0 Å². The highest BCUT2D eigenvalue weighted by molar-refractivity contribution is 6.30. The molecule has 0 aliphatic rings. The Morgan fingerprint density at radius 2 is 1.48 bits per heavy atom. The van der Waals surface area contributed by atoms with Gasteiger partial charge < -0.3 is 4.42 Å². The number of pyridine rings is 1. The van der Waals surface area contributed by atoms with Gasteiger partial charge in [-0.05, 0) is 35.9 Å². The molecular weight excluding hydrogens is 331 g/mol. The number of para-hydroxylation sites is 2. The number of hydrogen-bond acceptors (Lipinski definition) is 2. The summed E-state index contributed by atoms with van der Waals surface area (Å²) in [6.07, 6.45) is 0. The van der Waals surface area contributed by atoms with Crippen LogP contribution in [0.4, 0.5) is 0 Å². The molecular formula is C23H15BN2O. The van der Waals surface area contributed by atoms with Gasteiger partial charge in [0.05, 0.1) is 11.0 Å². The normalized spacial score (nSPS) is 11.9. The number of aromatic nitrogens is 2. The van der Waals surface area contributed by atoms with Gasteiger partial charge in [-0.3, -0.25) is 4.57 Å². The van der Waals surface area contributed by atoms with Gasteiger partial charge in [0.25, 0.3) is 0 Å². The first-order chi connectivity index (χ1) is 13.3. The van der Waals surface area contributed by atoms with E-state index < -0.39 is 0 Å². The maximum Gasteiger partial charge on any atom is 0.164 e. The average Bonchev–Trinajstić information content (AvgIpc) is 3.23. The van der Waals surface area contributed by atoms with E-state index in [0.717, 1.165) is 39.0 Å². The van der Waals surface area contributed by atoms with Crippen LogP contribution in [0.1, 0.15) is 0 Å². The molecule has 0 aliphatic heterocycles. The van der Waals surface area contributed by atoms with Crippen molar-refractivity contribution in [2.24, 2.45) is 0 Å². The number of hydrogen-bond donors (Lipinski definition) is 0. The maximum atomic E-state index is 6.12. The van der Waals surface area contributed by atoms with E-state index in [1.165, 1.54) is 16.2 Å². The predicted octanol–water partition coefficient (Wildman–Crippen LogP) is 4.34. The van der Waals surface area contributed by atoms with Gasteiger partial charge in [0.1, 0.15) is 17.0 Å². The Morgan fingerprint density at radius 1 is 0.667 bits per heavy atom. The highest BCUT2D eigenvalue weighted by atomic mass is 16.3. The largest absolute Gasteiger partial charge is 0.456 e. The molecule has 0 amide bonds. The molecule has 6 rings (SSSR count). The molecule has 0 aliphatic carbocycles. The lowest BCUT2D eigenvalue weighted by Gasteiger charge is -2.07. The molecule has 0 N–H and O–H groups in total. The van der Waals surface area contributed by atoms with E-state index in [9.17, 15) is 0 Å². The summed E-state index contributed by atoms with van der Waals surface area (Å²) in [5.74, 6) is 0.938. The minimum Gasteiger partial charge on any atom is -0.456 e. The number of furan rings is 1. The van der Waals surface area contributed by atoms with Crippen LogP contribution in [-0.2, 0) is 0 Å². The number of fused-ring (bicyclic) bond motifs is 7. The van der Waals surface area contributed by atoms with Crippen LogP contribution in [0.5, 0.6) is 0 Å². The summed E-state index contributed by atoms with van der Waals surface area (Å²) in [6, 6.07) is 27.1. The Hall–Kier alpha value is -3.53. The summed E-state index contributed by atoms with van der Waals surface area (Å²) >= 11 is 0. The number of benzene rings is 3. The van der Waals surface area contributed by atoms with E-state index in [1.807, 2.05) is 26.0 Å². The Kier molecular flexibility index (Phi) is 2.84. The minimum atomic E-state index is 0.920. The quantitative estimate of drug-likeness (QED) is 0.415. The van der Waals surface area contributed by atoms with Crippen LogP contribution in [-0.4, -0.2) is 17.4 Å². The molecule has 3 aromatic heterocycles. The third-order valence-corrected chi connectivity index (χ3v) is 5.28. The van der Waals surface area contributed by atoms with Crippen molar-refractivity contribution in [2.75, 3.05) is 0 Å². The molecule has 3 heterocycles. The zero-order valence-corrected chi connectivity index (χ0v) is 14.8. The highest BCUT2D eigenvalue weighted by Gasteiger charge is 2.18. The van der Waals surface area contributed by atoms with E-state index >= 15 is 0 Å². The lowest BCUT2D eigenvalue weighted by atomic mass is 10.0. The zero-order valence-electron chi connectivity index (χ0n) is 14.8. The molecule has 0 unspecified atom stereocenters. The standard InChI is InChI=1S/C23H15BN2O/c24-20-10-5-11-21(25-20)26-16-8-3-1-6-14(16)22-17(26)12-13-19-23(22)15-7-2-4-9-18(15)27-19/h1-13H,24H2. The van der Waals surface area contributed by atoms with E-state index in [4.69, 9.17) is 9.40 Å². The van der Waals surface area contributed by atoms with E-state index in [2.05, 4.69) is 65.2 Å². The fraction of sp³-hybridized carbons (Fsp3) is 0. The van der Waals surface area contributed by atoms with Crippen LogP contribution < -0.4 is 5.59 Å². The molecule has 0 saturated carbocycles. The van der Waals surface area contributed by atoms with Gasteiger partial charge in [0.2, 0.25) is 0 Å². The van der Waals surface area contributed by atoms with Crippen molar-refractivity contribution in [2.45, 2.75) is 0 Å². The molecule has 126 valence electrons. The van der Waals surface area contributed by atoms with Crippen molar-refractivity contribution < 1.29 is 4.42 Å². The van der Waals surface area contributed by atoms with Crippen molar-refractivity contribution in [3.8, 4) is 5.82 Å². The lowest BCUT2D eigenvalue weighted by Crippen LogP contribution is -2.10. The average molecular weight is 346 g/mol. The van der Waals surface area contributed by atoms with E-state index in [1.54, 1.807) is 0 Å². The van der Waals surface area contributed by atoms with E-state index in [-0.39, 0.29) is 0 Å². The molecule has 0 fully saturated rings. The Balaban J connectivity index is 1.90. The number of nitrogens with zero attached hydrogens (tertiary/aromatic N) is 2. The molecule has 0 radical (unpaired) electrons. The van der Waals surface area contributed by atoms with Gasteiger partial charge >= 0.3 is 0 Å². The molecule has 4 heteroatoms. The molecule has 0 atom stereocenters. The van der Waals surface area contributed by atoms with Crippen LogP contribution in [0.3, 0.4) is 0 Å². The SMILES string of the molecule is Bc1cccc(-n2c3ccccc3c3c4c(ccc32)oc2ccccc24)n1. The summed E-state index contributed by atoms with van der Waals surface area (Å²) < 4.78 is 8.37. The summed E-state index contributed by atoms with van der Waals surface area (Å²) in [6.45, 7) is 0. The van der Waals surface area contributed by atoms with Crippen LogP contribution in [0.25, 0.3) is 49.6 Å². The highest BCUT2D eigenvalue weighted by Crippen LogP contribution is 2.40. The molecule has 3 nitrogen and oxygen atoms in total. The summed E-state index contributed by atoms with van der Waals surface area (Å²) in [5.41, 5.74) is 5.15. The third kappa shape index (κ3) is 1.95. The topological polar surface area (TPSA) is 31.0 Å². The molecule has 6 aromatic rings. The van der Waals surface area contributed by atoms with Crippen LogP contribution in [0.2, 0.25) is 0 Å². The number of rotatable bonds is 1. The fourth-order valence-electron chi connectivity index (χ4n) is 4.17. The second kappa shape index (κ2) is 5.24. The van der Waals surface area contributed by atoms with Crippen molar-refractivity contribution in [3.63, 3.8) is 0 Å². The fourth-order valence-corrected chi connectivity index (χ4v) is 4.17. The third-order valence-electron chi connectivity index (χ3n) is 5.28. The van der Waals surface area contributed by atoms with Crippen molar-refractivity contribution in [1.29, 1.82) is 0 Å². The second-order valence-corrected chi connectivity index (χ2v) is 6.92. The van der Waals surface area contributed by atoms with Gasteiger partial charge in [-0.1, -0.05) is 48.5 Å². The van der Waals surface area contributed by atoms with Crippen LogP contribution >= 0.6 is 0 Å². The van der Waals surface area contributed by atoms with Crippen molar-refractivity contribution in [1.82, 2.24) is 9.55 Å². The van der Waals surface area contributed by atoms with E-state index in [0.29, 0.717) is 0 Å². The zero-order chi connectivity index (χ0) is 18.0. The second-order valence-electron chi connectivity index (χ2n) is 6.92. The Labute approximate surface area is 156 Å². The summed E-state index contributed by atoms with van der Waals surface area (Å²) in [4.78, 5) is 4.79. The van der Waals surface area contributed by atoms with Crippen molar-refractivity contribution in [3.05, 3.63) is 78.9 Å². The Morgan fingerprint density at radius 3 is 2.37 bits per heavy atom. The van der Waals surface area contributed by atoms with Gasteiger partial charge in [-0.2, -0.15) is 0 Å². The molecule has 3 aromatic carbocycles. The first kappa shape index (κ1) is 14.6. The lowest BCUT2D eigenvalue weighted by molar-refractivity contribution is 0.669. The predicted molar refractivity (Wildman–Crippen MR) is 114 cm³/mol. The van der Waals surface area contributed by atoms with Crippen LogP contribution in [0.15, 0.2) is 83.3 Å². The molecule has 27 heavy (non-hydrogen) atoms. The van der Waals surface area contributed by atoms with Crippen LogP contribution in [0, 0.1) is 0 Å². The summed E-state index contributed by atoms with van der Waals surface area (Å²) in [5, 5.41) is 4.76. The van der Waals surface area contributed by atoms with Crippen molar-refractivity contribution >= 4 is 57.2 Å². The summed E-state index contributed by atoms with van der Waals surface area (Å²) in [7, 11) is 2.03.